The van der Waals surface area contributed by atoms with Gasteiger partial charge in [0.1, 0.15) is 0 Å². The van der Waals surface area contributed by atoms with Gasteiger partial charge in [-0.05, 0) is 55.8 Å². The van der Waals surface area contributed by atoms with E-state index >= 15 is 0 Å². The Balaban J connectivity index is 1.91. The molecule has 0 saturated heterocycles. The molecule has 1 aromatic carbocycles. The van der Waals surface area contributed by atoms with E-state index in [9.17, 15) is 0 Å². The summed E-state index contributed by atoms with van der Waals surface area (Å²) in [5.41, 5.74) is 1.30. The van der Waals surface area contributed by atoms with Gasteiger partial charge in [-0.15, -0.1) is 0 Å². The third kappa shape index (κ3) is 3.86. The highest BCUT2D eigenvalue weighted by Gasteiger charge is 2.13. The molecular weight excluding hydrogens is 242 g/mol. The summed E-state index contributed by atoms with van der Waals surface area (Å²) in [6.07, 6.45) is 9.48. The molecule has 0 heterocycles. The van der Waals surface area contributed by atoms with E-state index in [1.165, 1.54) is 24.8 Å². The first-order chi connectivity index (χ1) is 8.79. The van der Waals surface area contributed by atoms with Gasteiger partial charge in [0.05, 0.1) is 0 Å². The van der Waals surface area contributed by atoms with Gasteiger partial charge in [-0.2, -0.15) is 0 Å². The largest absolute Gasteiger partial charge is 0.310 e. The Kier molecular flexibility index (Phi) is 5.27. The first-order valence-corrected chi connectivity index (χ1v) is 7.31. The van der Waals surface area contributed by atoms with Crippen LogP contribution in [0.15, 0.2) is 36.4 Å². The van der Waals surface area contributed by atoms with Crippen LogP contribution >= 0.6 is 11.6 Å². The van der Waals surface area contributed by atoms with E-state index in [0.29, 0.717) is 6.04 Å². The predicted octanol–water partition coefficient (Wildman–Crippen LogP) is 4.74. The quantitative estimate of drug-likeness (QED) is 0.757. The van der Waals surface area contributed by atoms with Gasteiger partial charge >= 0.3 is 0 Å². The fourth-order valence-electron chi connectivity index (χ4n) is 2.57. The Morgan fingerprint density at radius 2 is 2.28 bits per heavy atom. The average molecular weight is 264 g/mol. The van der Waals surface area contributed by atoms with Gasteiger partial charge in [-0.1, -0.05) is 42.8 Å². The van der Waals surface area contributed by atoms with Crippen LogP contribution in [-0.4, -0.2) is 6.54 Å². The summed E-state index contributed by atoms with van der Waals surface area (Å²) in [6, 6.07) is 8.63. The summed E-state index contributed by atoms with van der Waals surface area (Å²) >= 11 is 6.06. The summed E-state index contributed by atoms with van der Waals surface area (Å²) in [5.74, 6) is 0.795. The molecule has 0 aromatic heterocycles. The number of benzene rings is 1. The van der Waals surface area contributed by atoms with Crippen molar-refractivity contribution in [3.8, 4) is 0 Å². The minimum Gasteiger partial charge on any atom is -0.310 e. The van der Waals surface area contributed by atoms with E-state index in [1.54, 1.807) is 0 Å². The van der Waals surface area contributed by atoms with Crippen LogP contribution in [0, 0.1) is 5.92 Å². The molecule has 0 radical (unpaired) electrons. The zero-order valence-electron chi connectivity index (χ0n) is 11.0. The Hall–Kier alpha value is -0.790. The maximum Gasteiger partial charge on any atom is 0.0409 e. The summed E-state index contributed by atoms with van der Waals surface area (Å²) in [6.45, 7) is 3.33. The second kappa shape index (κ2) is 6.96. The van der Waals surface area contributed by atoms with Crippen LogP contribution in [0.4, 0.5) is 0 Å². The first-order valence-electron chi connectivity index (χ1n) is 6.93. The lowest BCUT2D eigenvalue weighted by molar-refractivity contribution is 0.401. The average Bonchev–Trinajstić information content (AvgIpc) is 2.41. The number of rotatable bonds is 5. The molecule has 1 N–H and O–H groups in total. The van der Waals surface area contributed by atoms with Gasteiger partial charge in [-0.3, -0.25) is 0 Å². The van der Waals surface area contributed by atoms with Gasteiger partial charge in [0.25, 0.3) is 0 Å². The molecular formula is C16H22ClN. The number of nitrogens with one attached hydrogen (secondary N) is 1. The lowest BCUT2D eigenvalue weighted by Gasteiger charge is -2.23. The van der Waals surface area contributed by atoms with Gasteiger partial charge in [-0.25, -0.2) is 0 Å². The molecule has 0 spiro atoms. The highest BCUT2D eigenvalue weighted by molar-refractivity contribution is 6.30. The van der Waals surface area contributed by atoms with Crippen LogP contribution in [0.3, 0.4) is 0 Å². The Labute approximate surface area is 115 Å². The lowest BCUT2D eigenvalue weighted by Crippen LogP contribution is -2.27. The second-order valence-corrected chi connectivity index (χ2v) is 5.51. The Morgan fingerprint density at radius 3 is 2.94 bits per heavy atom. The standard InChI is InChI=1S/C16H22ClN/c1-2-16(14-9-6-10-15(17)11-14)18-12-13-7-4-3-5-8-13/h3-4,6,9-11,13,16,18H,2,5,7-8,12H2,1H3. The van der Waals surface area contributed by atoms with Crippen LogP contribution in [0.2, 0.25) is 5.02 Å². The molecule has 0 aliphatic heterocycles. The summed E-state index contributed by atoms with van der Waals surface area (Å²) in [7, 11) is 0. The zero-order chi connectivity index (χ0) is 12.8. The van der Waals surface area contributed by atoms with Crippen molar-refractivity contribution in [2.45, 2.75) is 38.6 Å². The monoisotopic (exact) mass is 263 g/mol. The number of hydrogen-bond acceptors (Lipinski definition) is 1. The fraction of sp³-hybridized carbons (Fsp3) is 0.500. The Bertz CT molecular complexity index is 400. The molecule has 98 valence electrons. The van der Waals surface area contributed by atoms with Gasteiger partial charge in [0.15, 0.2) is 0 Å². The molecule has 1 aliphatic rings. The minimum atomic E-state index is 0.426. The third-order valence-electron chi connectivity index (χ3n) is 3.69. The summed E-state index contributed by atoms with van der Waals surface area (Å²) in [4.78, 5) is 0. The number of allylic oxidation sites excluding steroid dienone is 2. The van der Waals surface area contributed by atoms with Crippen molar-refractivity contribution in [3.63, 3.8) is 0 Å². The second-order valence-electron chi connectivity index (χ2n) is 5.07. The first kappa shape index (κ1) is 13.6. The van der Waals surface area contributed by atoms with Crippen LogP contribution in [0.1, 0.15) is 44.2 Å². The maximum absolute atomic E-state index is 6.06. The van der Waals surface area contributed by atoms with E-state index in [1.807, 2.05) is 12.1 Å². The van der Waals surface area contributed by atoms with Crippen molar-refractivity contribution in [1.82, 2.24) is 5.32 Å². The number of halogens is 1. The van der Waals surface area contributed by atoms with Crippen molar-refractivity contribution in [2.75, 3.05) is 6.54 Å². The molecule has 0 amide bonds. The highest BCUT2D eigenvalue weighted by Crippen LogP contribution is 2.22. The molecule has 0 bridgehead atoms. The molecule has 2 atom stereocenters. The smallest absolute Gasteiger partial charge is 0.0409 e. The van der Waals surface area contributed by atoms with Crippen molar-refractivity contribution in [3.05, 3.63) is 47.0 Å². The summed E-state index contributed by atoms with van der Waals surface area (Å²) in [5, 5.41) is 4.52. The third-order valence-corrected chi connectivity index (χ3v) is 3.92. The van der Waals surface area contributed by atoms with Gasteiger partial charge in [0.2, 0.25) is 0 Å². The highest BCUT2D eigenvalue weighted by atomic mass is 35.5. The fourth-order valence-corrected chi connectivity index (χ4v) is 2.77. The molecule has 1 aliphatic carbocycles. The Morgan fingerprint density at radius 1 is 1.39 bits per heavy atom. The molecule has 1 nitrogen and oxygen atoms in total. The molecule has 0 saturated carbocycles. The van der Waals surface area contributed by atoms with E-state index in [2.05, 4.69) is 36.5 Å². The number of hydrogen-bond donors (Lipinski definition) is 1. The SMILES string of the molecule is CCC(NCC1CC=CCC1)c1cccc(Cl)c1. The van der Waals surface area contributed by atoms with E-state index < -0.39 is 0 Å². The molecule has 18 heavy (non-hydrogen) atoms. The minimum absolute atomic E-state index is 0.426. The zero-order valence-corrected chi connectivity index (χ0v) is 11.8. The van der Waals surface area contributed by atoms with Crippen LogP contribution in [0.25, 0.3) is 0 Å². The van der Waals surface area contributed by atoms with Crippen molar-refractivity contribution >= 4 is 11.6 Å². The molecule has 1 aromatic rings. The van der Waals surface area contributed by atoms with Crippen LogP contribution in [-0.2, 0) is 0 Å². The molecule has 2 unspecified atom stereocenters. The summed E-state index contributed by atoms with van der Waals surface area (Å²) < 4.78 is 0. The van der Waals surface area contributed by atoms with Crippen molar-refractivity contribution in [1.29, 1.82) is 0 Å². The van der Waals surface area contributed by atoms with Crippen molar-refractivity contribution in [2.24, 2.45) is 5.92 Å². The van der Waals surface area contributed by atoms with E-state index in [4.69, 9.17) is 11.6 Å². The molecule has 2 rings (SSSR count). The normalized spacial score (nSPS) is 20.9. The van der Waals surface area contributed by atoms with Crippen molar-refractivity contribution < 1.29 is 0 Å². The van der Waals surface area contributed by atoms with E-state index in [-0.39, 0.29) is 0 Å². The predicted molar refractivity (Wildman–Crippen MR) is 79.0 cm³/mol. The van der Waals surface area contributed by atoms with Gasteiger partial charge < -0.3 is 5.32 Å². The maximum atomic E-state index is 6.06. The van der Waals surface area contributed by atoms with Crippen LogP contribution in [0.5, 0.6) is 0 Å². The topological polar surface area (TPSA) is 12.0 Å². The van der Waals surface area contributed by atoms with Crippen LogP contribution < -0.4 is 5.32 Å². The molecule has 2 heteroatoms. The van der Waals surface area contributed by atoms with Gasteiger partial charge in [0, 0.05) is 11.1 Å². The lowest BCUT2D eigenvalue weighted by atomic mass is 9.93. The van der Waals surface area contributed by atoms with E-state index in [0.717, 1.165) is 23.9 Å². The molecule has 0 fully saturated rings.